The zero-order chi connectivity index (χ0) is 11.7. The molecule has 0 radical (unpaired) electrons. The van der Waals surface area contributed by atoms with Crippen LogP contribution in [0.1, 0.15) is 28.8 Å². The van der Waals surface area contributed by atoms with Gasteiger partial charge in [-0.15, -0.1) is 0 Å². The van der Waals surface area contributed by atoms with Crippen molar-refractivity contribution >= 4 is 21.8 Å². The molecule has 1 aromatic rings. The van der Waals surface area contributed by atoms with Crippen molar-refractivity contribution < 1.29 is 9.18 Å². The van der Waals surface area contributed by atoms with E-state index in [0.717, 1.165) is 18.4 Å². The average Bonchev–Trinajstić information content (AvgIpc) is 3.05. The second kappa shape index (κ2) is 4.53. The van der Waals surface area contributed by atoms with E-state index in [0.29, 0.717) is 16.9 Å². The molecule has 0 aromatic heterocycles. The number of halogens is 2. The van der Waals surface area contributed by atoms with Gasteiger partial charge in [-0.1, -0.05) is 6.07 Å². The van der Waals surface area contributed by atoms with E-state index < -0.39 is 5.82 Å². The highest BCUT2D eigenvalue weighted by molar-refractivity contribution is 9.10. The first-order valence-corrected chi connectivity index (χ1v) is 6.11. The second-order valence-corrected chi connectivity index (χ2v) is 5.00. The molecule has 0 aliphatic heterocycles. The Morgan fingerprint density at radius 3 is 2.88 bits per heavy atom. The quantitative estimate of drug-likeness (QED) is 0.909. The lowest BCUT2D eigenvalue weighted by molar-refractivity contribution is 0.0947. The molecule has 2 nitrogen and oxygen atoms in total. The number of aryl methyl sites for hydroxylation is 1. The smallest absolute Gasteiger partial charge is 0.255 e. The Morgan fingerprint density at radius 1 is 1.56 bits per heavy atom. The fraction of sp³-hybridized carbons (Fsp3) is 0.417. The topological polar surface area (TPSA) is 29.1 Å². The lowest BCUT2D eigenvalue weighted by Crippen LogP contribution is -2.27. The second-order valence-electron chi connectivity index (χ2n) is 4.21. The SMILES string of the molecule is Cc1ccc(F)c(C(=O)NCC2CC2)c1Br. The normalized spacial score (nSPS) is 14.9. The Hall–Kier alpha value is -0.900. The van der Waals surface area contributed by atoms with E-state index in [-0.39, 0.29) is 11.5 Å². The zero-order valence-electron chi connectivity index (χ0n) is 9.02. The molecule has 1 fully saturated rings. The van der Waals surface area contributed by atoms with Crippen LogP contribution in [0.5, 0.6) is 0 Å². The standard InChI is InChI=1S/C12H13BrFNO/c1-7-2-5-9(14)10(11(7)13)12(16)15-6-8-3-4-8/h2,5,8H,3-4,6H2,1H3,(H,15,16). The molecule has 1 amide bonds. The number of amides is 1. The molecule has 4 heteroatoms. The Kier molecular flexibility index (Phi) is 3.28. The van der Waals surface area contributed by atoms with Gasteiger partial charge in [0.25, 0.3) is 5.91 Å². The highest BCUT2D eigenvalue weighted by atomic mass is 79.9. The molecule has 0 bridgehead atoms. The molecule has 0 atom stereocenters. The molecule has 0 spiro atoms. The van der Waals surface area contributed by atoms with E-state index in [1.165, 1.54) is 6.07 Å². The van der Waals surface area contributed by atoms with Crippen molar-refractivity contribution in [2.45, 2.75) is 19.8 Å². The summed E-state index contributed by atoms with van der Waals surface area (Å²) in [5.74, 6) is -0.221. The minimum Gasteiger partial charge on any atom is -0.352 e. The van der Waals surface area contributed by atoms with Gasteiger partial charge >= 0.3 is 0 Å². The maximum Gasteiger partial charge on any atom is 0.255 e. The zero-order valence-corrected chi connectivity index (χ0v) is 10.6. The minimum absolute atomic E-state index is 0.112. The van der Waals surface area contributed by atoms with Crippen molar-refractivity contribution in [3.63, 3.8) is 0 Å². The van der Waals surface area contributed by atoms with Gasteiger partial charge in [0.1, 0.15) is 5.82 Å². The molecule has 0 saturated heterocycles. The van der Waals surface area contributed by atoms with Crippen LogP contribution in [0.4, 0.5) is 4.39 Å². The average molecular weight is 286 g/mol. The Balaban J connectivity index is 2.17. The fourth-order valence-electron chi connectivity index (χ4n) is 1.51. The molecule has 1 aromatic carbocycles. The van der Waals surface area contributed by atoms with Gasteiger partial charge < -0.3 is 5.32 Å². The minimum atomic E-state index is -0.481. The van der Waals surface area contributed by atoms with Gasteiger partial charge in [-0.2, -0.15) is 0 Å². The van der Waals surface area contributed by atoms with Crippen LogP contribution in [-0.4, -0.2) is 12.5 Å². The van der Waals surface area contributed by atoms with Crippen LogP contribution in [-0.2, 0) is 0 Å². The number of hydrogen-bond acceptors (Lipinski definition) is 1. The lowest BCUT2D eigenvalue weighted by atomic mass is 10.1. The van der Waals surface area contributed by atoms with Crippen LogP contribution in [0.2, 0.25) is 0 Å². The largest absolute Gasteiger partial charge is 0.352 e. The van der Waals surface area contributed by atoms with Crippen molar-refractivity contribution in [2.75, 3.05) is 6.54 Å². The van der Waals surface area contributed by atoms with E-state index in [2.05, 4.69) is 21.2 Å². The van der Waals surface area contributed by atoms with E-state index in [1.54, 1.807) is 6.07 Å². The first kappa shape index (κ1) is 11.6. The van der Waals surface area contributed by atoms with Crippen molar-refractivity contribution in [2.24, 2.45) is 5.92 Å². The Labute approximate surface area is 102 Å². The number of carbonyl (C=O) groups is 1. The van der Waals surface area contributed by atoms with Crippen molar-refractivity contribution in [3.05, 3.63) is 33.5 Å². The summed E-state index contributed by atoms with van der Waals surface area (Å²) in [7, 11) is 0. The van der Waals surface area contributed by atoms with Gasteiger partial charge in [-0.25, -0.2) is 4.39 Å². The maximum atomic E-state index is 13.5. The molecule has 1 aliphatic rings. The van der Waals surface area contributed by atoms with Crippen LogP contribution in [0, 0.1) is 18.7 Å². The van der Waals surface area contributed by atoms with Crippen LogP contribution in [0.3, 0.4) is 0 Å². The lowest BCUT2D eigenvalue weighted by Gasteiger charge is -2.09. The summed E-state index contributed by atoms with van der Waals surface area (Å²) in [6.45, 7) is 2.49. The van der Waals surface area contributed by atoms with Crippen LogP contribution < -0.4 is 5.32 Å². The summed E-state index contributed by atoms with van der Waals surface area (Å²) in [6.07, 6.45) is 2.33. The molecular formula is C12H13BrFNO. The summed E-state index contributed by atoms with van der Waals surface area (Å²) in [4.78, 5) is 11.8. The van der Waals surface area contributed by atoms with E-state index in [4.69, 9.17) is 0 Å². The summed E-state index contributed by atoms with van der Waals surface area (Å²) in [5.41, 5.74) is 0.971. The van der Waals surface area contributed by atoms with Gasteiger partial charge in [0.2, 0.25) is 0 Å². The van der Waals surface area contributed by atoms with Crippen LogP contribution in [0.25, 0.3) is 0 Å². The van der Waals surface area contributed by atoms with Crippen molar-refractivity contribution in [3.8, 4) is 0 Å². The number of carbonyl (C=O) groups excluding carboxylic acids is 1. The highest BCUT2D eigenvalue weighted by Crippen LogP contribution is 2.28. The number of nitrogens with one attached hydrogen (secondary N) is 1. The predicted molar refractivity (Wildman–Crippen MR) is 63.9 cm³/mol. The Morgan fingerprint density at radius 2 is 2.25 bits per heavy atom. The Bertz CT molecular complexity index is 429. The molecule has 1 N–H and O–H groups in total. The van der Waals surface area contributed by atoms with E-state index >= 15 is 0 Å². The summed E-state index contributed by atoms with van der Waals surface area (Å²) < 4.78 is 14.1. The van der Waals surface area contributed by atoms with Crippen LogP contribution >= 0.6 is 15.9 Å². The van der Waals surface area contributed by atoms with E-state index in [1.807, 2.05) is 6.92 Å². The molecule has 1 saturated carbocycles. The number of rotatable bonds is 3. The summed E-state index contributed by atoms with van der Waals surface area (Å²) >= 11 is 3.25. The molecule has 86 valence electrons. The van der Waals surface area contributed by atoms with Gasteiger partial charge in [-0.3, -0.25) is 4.79 Å². The monoisotopic (exact) mass is 285 g/mol. The summed E-state index contributed by atoms with van der Waals surface area (Å²) in [5, 5.41) is 2.76. The van der Waals surface area contributed by atoms with Gasteiger partial charge in [-0.05, 0) is 53.2 Å². The van der Waals surface area contributed by atoms with Gasteiger partial charge in [0.15, 0.2) is 0 Å². The molecule has 2 rings (SSSR count). The summed E-state index contributed by atoms with van der Waals surface area (Å²) in [6, 6.07) is 2.98. The highest BCUT2D eigenvalue weighted by Gasteiger charge is 2.23. The van der Waals surface area contributed by atoms with E-state index in [9.17, 15) is 9.18 Å². The van der Waals surface area contributed by atoms with Crippen LogP contribution in [0.15, 0.2) is 16.6 Å². The van der Waals surface area contributed by atoms with Crippen molar-refractivity contribution in [1.82, 2.24) is 5.32 Å². The molecule has 0 unspecified atom stereocenters. The van der Waals surface area contributed by atoms with Gasteiger partial charge in [0, 0.05) is 11.0 Å². The molecule has 16 heavy (non-hydrogen) atoms. The third kappa shape index (κ3) is 2.43. The predicted octanol–water partition coefficient (Wildman–Crippen LogP) is 3.04. The number of benzene rings is 1. The first-order chi connectivity index (χ1) is 7.59. The molecule has 0 heterocycles. The molecular weight excluding hydrogens is 273 g/mol. The third-order valence-electron chi connectivity index (χ3n) is 2.76. The number of hydrogen-bond donors (Lipinski definition) is 1. The van der Waals surface area contributed by atoms with Crippen molar-refractivity contribution in [1.29, 1.82) is 0 Å². The first-order valence-electron chi connectivity index (χ1n) is 5.32. The third-order valence-corrected chi connectivity index (χ3v) is 3.78. The van der Waals surface area contributed by atoms with Gasteiger partial charge in [0.05, 0.1) is 5.56 Å². The molecule has 1 aliphatic carbocycles. The fourth-order valence-corrected chi connectivity index (χ4v) is 2.01. The maximum absolute atomic E-state index is 13.5.